The molecule has 0 unspecified atom stereocenters. The third-order valence-corrected chi connectivity index (χ3v) is 5.29. The normalized spacial score (nSPS) is 10.9. The van der Waals surface area contributed by atoms with Crippen LogP contribution in [-0.4, -0.2) is 33.2 Å². The first-order chi connectivity index (χ1) is 14.0. The second-order valence-corrected chi connectivity index (χ2v) is 7.40. The summed E-state index contributed by atoms with van der Waals surface area (Å²) in [6, 6.07) is 6.06. The van der Waals surface area contributed by atoms with Gasteiger partial charge in [0.25, 0.3) is 5.91 Å². The molecule has 29 heavy (non-hydrogen) atoms. The van der Waals surface area contributed by atoms with E-state index in [-0.39, 0.29) is 10.6 Å². The number of ether oxygens (including phenoxy) is 1. The molecule has 1 amide bonds. The first-order valence-corrected chi connectivity index (χ1v) is 9.53. The molecule has 3 N–H and O–H groups in total. The molecule has 0 aliphatic rings. The Kier molecular flexibility index (Phi) is 5.03. The summed E-state index contributed by atoms with van der Waals surface area (Å²) in [5.74, 6) is -0.319. The highest BCUT2D eigenvalue weighted by Gasteiger charge is 2.18. The van der Waals surface area contributed by atoms with Gasteiger partial charge >= 0.3 is 0 Å². The van der Waals surface area contributed by atoms with Crippen LogP contribution in [0, 0.1) is 12.7 Å². The van der Waals surface area contributed by atoms with Crippen LogP contribution in [0.4, 0.5) is 21.0 Å². The molecule has 0 radical (unpaired) electrons. The Morgan fingerprint density at radius 2 is 2.14 bits per heavy atom. The lowest BCUT2D eigenvalue weighted by Gasteiger charge is -2.07. The maximum Gasteiger partial charge on any atom is 0.267 e. The summed E-state index contributed by atoms with van der Waals surface area (Å²) in [5.41, 5.74) is 1.28. The molecule has 3 heterocycles. The van der Waals surface area contributed by atoms with Gasteiger partial charge in [-0.25, -0.2) is 9.37 Å². The van der Waals surface area contributed by atoms with Crippen molar-refractivity contribution >= 4 is 56.4 Å². The summed E-state index contributed by atoms with van der Waals surface area (Å²) in [6.07, 6.45) is 1.39. The summed E-state index contributed by atoms with van der Waals surface area (Å²) in [7, 11) is 1.49. The molecule has 4 rings (SSSR count). The molecule has 4 aromatic rings. The molecule has 0 aliphatic carbocycles. The Morgan fingerprint density at radius 1 is 1.31 bits per heavy atom. The number of halogens is 2. The minimum atomic E-state index is -0.550. The highest BCUT2D eigenvalue weighted by Crippen LogP contribution is 2.31. The lowest BCUT2D eigenvalue weighted by molar-refractivity contribution is 0.103. The first kappa shape index (κ1) is 19.1. The van der Waals surface area contributed by atoms with E-state index in [9.17, 15) is 9.18 Å². The van der Waals surface area contributed by atoms with Gasteiger partial charge in [-0.2, -0.15) is 10.1 Å². The fourth-order valence-corrected chi connectivity index (χ4v) is 3.56. The van der Waals surface area contributed by atoms with E-state index in [2.05, 4.69) is 30.8 Å². The minimum absolute atomic E-state index is 0.0687. The highest BCUT2D eigenvalue weighted by atomic mass is 35.5. The smallest absolute Gasteiger partial charge is 0.267 e. The topological polar surface area (TPSA) is 105 Å². The Balaban J connectivity index is 1.57. The number of thiazole rings is 1. The average molecular weight is 433 g/mol. The monoisotopic (exact) mass is 432 g/mol. The van der Waals surface area contributed by atoms with E-state index >= 15 is 0 Å². The van der Waals surface area contributed by atoms with Crippen LogP contribution in [0.1, 0.15) is 15.4 Å². The number of nitrogens with one attached hydrogen (secondary N) is 3. The molecule has 0 spiro atoms. The maximum atomic E-state index is 14.3. The molecule has 11 heteroatoms. The molecule has 0 atom stereocenters. The van der Waals surface area contributed by atoms with Crippen LogP contribution in [0.15, 0.2) is 30.5 Å². The number of fused-ring (bicyclic) bond motifs is 1. The zero-order valence-corrected chi connectivity index (χ0v) is 16.8. The fraction of sp³-hybridized carbons (Fsp3) is 0.111. The minimum Gasteiger partial charge on any atom is -0.481 e. The lowest BCUT2D eigenvalue weighted by atomic mass is 10.1. The molecule has 0 saturated carbocycles. The van der Waals surface area contributed by atoms with Gasteiger partial charge in [0, 0.05) is 17.1 Å². The standard InChI is InChI=1S/C18H14ClFN6O2S/c1-8-14-11(26-25-8)5-4-10(20)15(14)23-17(27)12-7-21-18(29-12)24-16-9(19)3-6-13(22-16)28-2/h3-7H,1-2H3,(H,23,27)(H,25,26)(H,21,22,24). The SMILES string of the molecule is COc1ccc(Cl)c(Nc2ncc(C(=O)Nc3c(F)ccc4n[nH]c(C)c34)s2)n1. The van der Waals surface area contributed by atoms with Crippen LogP contribution < -0.4 is 15.4 Å². The molecule has 3 aromatic heterocycles. The molecule has 0 bridgehead atoms. The number of benzene rings is 1. The second-order valence-electron chi connectivity index (χ2n) is 5.96. The van der Waals surface area contributed by atoms with Crippen LogP contribution in [0.2, 0.25) is 5.02 Å². The van der Waals surface area contributed by atoms with E-state index in [4.69, 9.17) is 16.3 Å². The van der Waals surface area contributed by atoms with Crippen LogP contribution >= 0.6 is 22.9 Å². The highest BCUT2D eigenvalue weighted by molar-refractivity contribution is 7.17. The number of anilines is 3. The van der Waals surface area contributed by atoms with Crippen molar-refractivity contribution in [3.63, 3.8) is 0 Å². The number of H-pyrrole nitrogens is 1. The second kappa shape index (κ2) is 7.64. The van der Waals surface area contributed by atoms with Crippen molar-refractivity contribution < 1.29 is 13.9 Å². The molecular weight excluding hydrogens is 419 g/mol. The van der Waals surface area contributed by atoms with Crippen molar-refractivity contribution in [2.75, 3.05) is 17.7 Å². The van der Waals surface area contributed by atoms with Crippen molar-refractivity contribution in [2.45, 2.75) is 6.92 Å². The number of carbonyl (C=O) groups is 1. The van der Waals surface area contributed by atoms with Crippen molar-refractivity contribution in [2.24, 2.45) is 0 Å². The average Bonchev–Trinajstić information content (AvgIpc) is 3.33. The van der Waals surface area contributed by atoms with Crippen LogP contribution in [0.3, 0.4) is 0 Å². The Bertz CT molecular complexity index is 1220. The molecule has 8 nitrogen and oxygen atoms in total. The Morgan fingerprint density at radius 3 is 2.93 bits per heavy atom. The number of hydrogen-bond acceptors (Lipinski definition) is 7. The Labute approximate surface area is 173 Å². The number of hydrogen-bond donors (Lipinski definition) is 3. The quantitative estimate of drug-likeness (QED) is 0.428. The zero-order valence-electron chi connectivity index (χ0n) is 15.2. The molecule has 1 aromatic carbocycles. The predicted molar refractivity (Wildman–Crippen MR) is 110 cm³/mol. The van der Waals surface area contributed by atoms with Gasteiger partial charge in [0.15, 0.2) is 10.9 Å². The van der Waals surface area contributed by atoms with E-state index < -0.39 is 11.7 Å². The van der Waals surface area contributed by atoms with E-state index in [0.29, 0.717) is 38.4 Å². The van der Waals surface area contributed by atoms with Gasteiger partial charge in [-0.3, -0.25) is 9.89 Å². The summed E-state index contributed by atoms with van der Waals surface area (Å²) < 4.78 is 19.4. The number of rotatable bonds is 5. The zero-order chi connectivity index (χ0) is 20.5. The van der Waals surface area contributed by atoms with E-state index in [1.807, 2.05) is 0 Å². The Hall–Kier alpha value is -3.24. The third-order valence-electron chi connectivity index (χ3n) is 4.07. The third kappa shape index (κ3) is 3.71. The van der Waals surface area contributed by atoms with Crippen LogP contribution in [0.5, 0.6) is 5.88 Å². The molecule has 148 valence electrons. The maximum absolute atomic E-state index is 14.3. The summed E-state index contributed by atoms with van der Waals surface area (Å²) in [6.45, 7) is 1.75. The van der Waals surface area contributed by atoms with Crippen molar-refractivity contribution in [1.82, 2.24) is 20.2 Å². The summed E-state index contributed by atoms with van der Waals surface area (Å²) >= 11 is 7.20. The lowest BCUT2D eigenvalue weighted by Crippen LogP contribution is -2.12. The van der Waals surface area contributed by atoms with E-state index in [0.717, 1.165) is 11.3 Å². The fourth-order valence-electron chi connectivity index (χ4n) is 2.70. The number of carbonyl (C=O) groups excluding carboxylic acids is 1. The molecule has 0 fully saturated rings. The number of pyridine rings is 1. The van der Waals surface area contributed by atoms with Gasteiger partial charge in [-0.05, 0) is 25.1 Å². The van der Waals surface area contributed by atoms with Gasteiger partial charge in [-0.15, -0.1) is 0 Å². The number of aromatic amines is 1. The number of amides is 1. The molecule has 0 aliphatic heterocycles. The van der Waals surface area contributed by atoms with Gasteiger partial charge in [0.05, 0.1) is 29.5 Å². The summed E-state index contributed by atoms with van der Waals surface area (Å²) in [5, 5.41) is 13.7. The molecule has 0 saturated heterocycles. The van der Waals surface area contributed by atoms with Crippen molar-refractivity contribution in [1.29, 1.82) is 0 Å². The largest absolute Gasteiger partial charge is 0.481 e. The van der Waals surface area contributed by atoms with Crippen molar-refractivity contribution in [3.05, 3.63) is 51.9 Å². The number of aromatic nitrogens is 4. The van der Waals surface area contributed by atoms with Gasteiger partial charge < -0.3 is 15.4 Å². The van der Waals surface area contributed by atoms with Gasteiger partial charge in [-0.1, -0.05) is 22.9 Å². The first-order valence-electron chi connectivity index (χ1n) is 8.34. The van der Waals surface area contributed by atoms with E-state index in [1.54, 1.807) is 25.1 Å². The molecular formula is C18H14ClFN6O2S. The van der Waals surface area contributed by atoms with Crippen LogP contribution in [0.25, 0.3) is 10.9 Å². The van der Waals surface area contributed by atoms with Crippen LogP contribution in [-0.2, 0) is 0 Å². The number of nitrogens with zero attached hydrogens (tertiary/aromatic N) is 3. The van der Waals surface area contributed by atoms with Gasteiger partial charge in [0.1, 0.15) is 10.7 Å². The number of methoxy groups -OCH3 is 1. The summed E-state index contributed by atoms with van der Waals surface area (Å²) in [4.78, 5) is 21.3. The van der Waals surface area contributed by atoms with Gasteiger partial charge in [0.2, 0.25) is 5.88 Å². The van der Waals surface area contributed by atoms with Crippen molar-refractivity contribution in [3.8, 4) is 5.88 Å². The predicted octanol–water partition coefficient (Wildman–Crippen LogP) is 4.52. The number of aryl methyl sites for hydroxylation is 1. The van der Waals surface area contributed by atoms with E-state index in [1.165, 1.54) is 19.4 Å².